The first-order valence-corrected chi connectivity index (χ1v) is 5.29. The molecule has 0 aromatic carbocycles. The second kappa shape index (κ2) is 3.77. The second-order valence-corrected chi connectivity index (χ2v) is 4.42. The Bertz CT molecular complexity index is 224. The Morgan fingerprint density at radius 2 is 2.36 bits per heavy atom. The average molecular weight is 198 g/mol. The fraction of sp³-hybridized carbons (Fsp3) is 0.900. The summed E-state index contributed by atoms with van der Waals surface area (Å²) in [7, 11) is 1.45. The predicted octanol–water partition coefficient (Wildman–Crippen LogP) is 0.828. The lowest BCUT2D eigenvalue weighted by atomic mass is 9.80. The molecule has 80 valence electrons. The maximum atomic E-state index is 11.3. The van der Waals surface area contributed by atoms with Crippen LogP contribution in [0.5, 0.6) is 0 Å². The van der Waals surface area contributed by atoms with Crippen LogP contribution in [0.15, 0.2) is 0 Å². The van der Waals surface area contributed by atoms with Crippen LogP contribution in [0.25, 0.3) is 0 Å². The topological polar surface area (TPSA) is 41.6 Å². The molecule has 0 radical (unpaired) electrons. The largest absolute Gasteiger partial charge is 0.453 e. The smallest absolute Gasteiger partial charge is 0.409 e. The maximum absolute atomic E-state index is 11.3. The van der Waals surface area contributed by atoms with Crippen LogP contribution < -0.4 is 5.32 Å². The van der Waals surface area contributed by atoms with E-state index in [0.29, 0.717) is 5.41 Å². The standard InChI is InChI=1S/C10H18N2O2/c1-14-9(13)12-6-4-10(8-12)3-2-5-11-7-10/h11H,2-8H2,1H3. The SMILES string of the molecule is COC(=O)N1CCC2(CCCNC2)C1. The molecule has 0 aromatic heterocycles. The predicted molar refractivity (Wildman–Crippen MR) is 53.1 cm³/mol. The van der Waals surface area contributed by atoms with Gasteiger partial charge in [-0.3, -0.25) is 0 Å². The molecule has 0 saturated carbocycles. The number of carbonyl (C=O) groups is 1. The molecule has 4 heteroatoms. The molecule has 2 fully saturated rings. The molecule has 2 aliphatic rings. The van der Waals surface area contributed by atoms with Gasteiger partial charge in [0, 0.05) is 25.0 Å². The molecule has 1 N–H and O–H groups in total. The summed E-state index contributed by atoms with van der Waals surface area (Å²) >= 11 is 0. The van der Waals surface area contributed by atoms with Crippen LogP contribution in [-0.2, 0) is 4.74 Å². The van der Waals surface area contributed by atoms with Crippen molar-refractivity contribution in [2.75, 3.05) is 33.3 Å². The zero-order valence-corrected chi connectivity index (χ0v) is 8.71. The summed E-state index contributed by atoms with van der Waals surface area (Å²) in [4.78, 5) is 13.1. The normalized spacial score (nSPS) is 32.2. The van der Waals surface area contributed by atoms with Crippen molar-refractivity contribution in [3.8, 4) is 0 Å². The zero-order valence-electron chi connectivity index (χ0n) is 8.71. The summed E-state index contributed by atoms with van der Waals surface area (Å²) in [5.41, 5.74) is 0.340. The zero-order chi connectivity index (χ0) is 10.0. The first kappa shape index (κ1) is 9.77. The first-order chi connectivity index (χ1) is 6.76. The average Bonchev–Trinajstić information content (AvgIpc) is 2.62. The molecule has 2 rings (SSSR count). The molecular weight excluding hydrogens is 180 g/mol. The number of likely N-dealkylation sites (tertiary alicyclic amines) is 1. The number of nitrogens with zero attached hydrogens (tertiary/aromatic N) is 1. The molecule has 1 spiro atoms. The summed E-state index contributed by atoms with van der Waals surface area (Å²) in [5.74, 6) is 0. The molecule has 2 heterocycles. The Kier molecular flexibility index (Phi) is 2.63. The maximum Gasteiger partial charge on any atom is 0.409 e. The number of nitrogens with one attached hydrogen (secondary N) is 1. The molecular formula is C10H18N2O2. The van der Waals surface area contributed by atoms with E-state index in [0.717, 1.165) is 32.6 Å². The Morgan fingerprint density at radius 1 is 1.50 bits per heavy atom. The van der Waals surface area contributed by atoms with Crippen LogP contribution in [0.3, 0.4) is 0 Å². The van der Waals surface area contributed by atoms with E-state index in [1.807, 2.05) is 4.90 Å². The Balaban J connectivity index is 1.95. The summed E-state index contributed by atoms with van der Waals surface area (Å²) < 4.78 is 4.73. The number of hydrogen-bond donors (Lipinski definition) is 1. The van der Waals surface area contributed by atoms with E-state index in [4.69, 9.17) is 4.74 Å². The quantitative estimate of drug-likeness (QED) is 0.627. The molecule has 4 nitrogen and oxygen atoms in total. The van der Waals surface area contributed by atoms with Gasteiger partial charge in [-0.1, -0.05) is 0 Å². The van der Waals surface area contributed by atoms with Gasteiger partial charge in [-0.2, -0.15) is 0 Å². The highest BCUT2D eigenvalue weighted by Gasteiger charge is 2.40. The molecule has 14 heavy (non-hydrogen) atoms. The van der Waals surface area contributed by atoms with Crippen molar-refractivity contribution < 1.29 is 9.53 Å². The molecule has 1 amide bonds. The van der Waals surface area contributed by atoms with E-state index in [1.165, 1.54) is 20.0 Å². The van der Waals surface area contributed by atoms with Gasteiger partial charge in [0.2, 0.25) is 0 Å². The van der Waals surface area contributed by atoms with E-state index < -0.39 is 0 Å². The number of methoxy groups -OCH3 is 1. The van der Waals surface area contributed by atoms with Crippen LogP contribution in [0.2, 0.25) is 0 Å². The van der Waals surface area contributed by atoms with Crippen molar-refractivity contribution in [3.05, 3.63) is 0 Å². The second-order valence-electron chi connectivity index (χ2n) is 4.42. The van der Waals surface area contributed by atoms with Gasteiger partial charge in [0.05, 0.1) is 7.11 Å². The summed E-state index contributed by atoms with van der Waals surface area (Å²) in [6, 6.07) is 0. The van der Waals surface area contributed by atoms with Gasteiger partial charge in [0.15, 0.2) is 0 Å². The van der Waals surface area contributed by atoms with Crippen molar-refractivity contribution in [2.24, 2.45) is 5.41 Å². The summed E-state index contributed by atoms with van der Waals surface area (Å²) in [5, 5.41) is 3.42. The van der Waals surface area contributed by atoms with Gasteiger partial charge >= 0.3 is 6.09 Å². The van der Waals surface area contributed by atoms with Crippen LogP contribution in [0.4, 0.5) is 4.79 Å². The lowest BCUT2D eigenvalue weighted by molar-refractivity contribution is 0.123. The highest BCUT2D eigenvalue weighted by molar-refractivity contribution is 5.67. The number of rotatable bonds is 0. The van der Waals surface area contributed by atoms with E-state index in [-0.39, 0.29) is 6.09 Å². The monoisotopic (exact) mass is 198 g/mol. The molecule has 2 aliphatic heterocycles. The minimum Gasteiger partial charge on any atom is -0.453 e. The number of amides is 1. The number of piperidine rings is 1. The van der Waals surface area contributed by atoms with Crippen LogP contribution in [0, 0.1) is 5.41 Å². The number of carbonyl (C=O) groups excluding carboxylic acids is 1. The van der Waals surface area contributed by atoms with E-state index in [9.17, 15) is 4.79 Å². The van der Waals surface area contributed by atoms with Gasteiger partial charge in [0.25, 0.3) is 0 Å². The molecule has 1 atom stereocenters. The molecule has 0 aromatic rings. The minimum absolute atomic E-state index is 0.174. The fourth-order valence-electron chi connectivity index (χ4n) is 2.60. The van der Waals surface area contributed by atoms with Crippen molar-refractivity contribution in [2.45, 2.75) is 19.3 Å². The third kappa shape index (κ3) is 1.71. The Labute approximate surface area is 84.6 Å². The van der Waals surface area contributed by atoms with Gasteiger partial charge in [-0.05, 0) is 25.8 Å². The van der Waals surface area contributed by atoms with Gasteiger partial charge in [-0.25, -0.2) is 4.79 Å². The van der Waals surface area contributed by atoms with Gasteiger partial charge in [0.1, 0.15) is 0 Å². The number of ether oxygens (including phenoxy) is 1. The van der Waals surface area contributed by atoms with Crippen molar-refractivity contribution >= 4 is 6.09 Å². The lowest BCUT2D eigenvalue weighted by Gasteiger charge is -2.33. The summed E-state index contributed by atoms with van der Waals surface area (Å²) in [6.45, 7) is 3.90. The van der Waals surface area contributed by atoms with E-state index in [1.54, 1.807) is 0 Å². The first-order valence-electron chi connectivity index (χ1n) is 5.29. The van der Waals surface area contributed by atoms with Crippen LogP contribution in [0.1, 0.15) is 19.3 Å². The molecule has 0 bridgehead atoms. The van der Waals surface area contributed by atoms with Crippen molar-refractivity contribution in [1.82, 2.24) is 10.2 Å². The van der Waals surface area contributed by atoms with Crippen LogP contribution in [-0.4, -0.2) is 44.3 Å². The lowest BCUT2D eigenvalue weighted by Crippen LogP contribution is -2.42. The third-order valence-electron chi connectivity index (χ3n) is 3.43. The van der Waals surface area contributed by atoms with E-state index >= 15 is 0 Å². The third-order valence-corrected chi connectivity index (χ3v) is 3.43. The van der Waals surface area contributed by atoms with E-state index in [2.05, 4.69) is 5.32 Å². The number of hydrogen-bond acceptors (Lipinski definition) is 3. The molecule has 2 saturated heterocycles. The van der Waals surface area contributed by atoms with Crippen molar-refractivity contribution in [1.29, 1.82) is 0 Å². The molecule has 1 unspecified atom stereocenters. The Hall–Kier alpha value is -0.770. The fourth-order valence-corrected chi connectivity index (χ4v) is 2.60. The van der Waals surface area contributed by atoms with Crippen molar-refractivity contribution in [3.63, 3.8) is 0 Å². The van der Waals surface area contributed by atoms with Gasteiger partial charge < -0.3 is 15.0 Å². The van der Waals surface area contributed by atoms with Crippen LogP contribution >= 0.6 is 0 Å². The minimum atomic E-state index is -0.174. The molecule has 0 aliphatic carbocycles. The highest BCUT2D eigenvalue weighted by Crippen LogP contribution is 2.36. The highest BCUT2D eigenvalue weighted by atomic mass is 16.5. The van der Waals surface area contributed by atoms with Gasteiger partial charge in [-0.15, -0.1) is 0 Å². The summed E-state index contributed by atoms with van der Waals surface area (Å²) in [6.07, 6.45) is 3.42. The Morgan fingerprint density at radius 3 is 3.00 bits per heavy atom.